The van der Waals surface area contributed by atoms with E-state index in [0.717, 1.165) is 69.5 Å². The zero-order valence-electron chi connectivity index (χ0n) is 21.7. The van der Waals surface area contributed by atoms with Gasteiger partial charge in [0, 0.05) is 37.1 Å². The highest BCUT2D eigenvalue weighted by Crippen LogP contribution is 2.42. The predicted molar refractivity (Wildman–Crippen MR) is 149 cm³/mol. The number of nitrogens with zero attached hydrogens (tertiary/aromatic N) is 2. The molecule has 0 saturated carbocycles. The molecule has 3 aromatic rings. The first-order chi connectivity index (χ1) is 18.5. The Hall–Kier alpha value is -3.09. The first-order valence-electron chi connectivity index (χ1n) is 13.8. The average molecular weight is 531 g/mol. The second kappa shape index (κ2) is 10.6. The molecule has 1 spiro atoms. The molecule has 2 amide bonds. The Morgan fingerprint density at radius 3 is 2.47 bits per heavy atom. The van der Waals surface area contributed by atoms with Gasteiger partial charge >= 0.3 is 0 Å². The predicted octanol–water partition coefficient (Wildman–Crippen LogP) is 5.60. The van der Waals surface area contributed by atoms with Crippen LogP contribution in [-0.4, -0.2) is 52.8 Å². The Kier molecular flexibility index (Phi) is 7.02. The summed E-state index contributed by atoms with van der Waals surface area (Å²) in [4.78, 5) is 34.3. The Labute approximate surface area is 229 Å². The molecular formula is C31H35ClN4O2. The topological polar surface area (TPSA) is 68.4 Å². The number of rotatable bonds is 5. The monoisotopic (exact) mass is 530 g/mol. The summed E-state index contributed by atoms with van der Waals surface area (Å²) in [5.41, 5.74) is 5.11. The number of benzene rings is 2. The van der Waals surface area contributed by atoms with Crippen molar-refractivity contribution in [1.82, 2.24) is 20.1 Å². The Morgan fingerprint density at radius 1 is 0.974 bits per heavy atom. The molecule has 1 aliphatic carbocycles. The number of piperidine rings is 2. The summed E-state index contributed by atoms with van der Waals surface area (Å²) >= 11 is 6.23. The molecule has 2 N–H and O–H groups in total. The fraction of sp³-hybridized carbons (Fsp3) is 0.419. The van der Waals surface area contributed by atoms with Gasteiger partial charge in [0.25, 0.3) is 11.8 Å². The molecule has 198 valence electrons. The van der Waals surface area contributed by atoms with Crippen molar-refractivity contribution in [1.29, 1.82) is 0 Å². The van der Waals surface area contributed by atoms with Crippen LogP contribution in [-0.2, 0) is 13.0 Å². The number of amides is 2. The normalized spacial score (nSPS) is 20.9. The molecule has 6 nitrogen and oxygen atoms in total. The van der Waals surface area contributed by atoms with Crippen molar-refractivity contribution in [3.8, 4) is 0 Å². The number of likely N-dealkylation sites (tertiary alicyclic amines) is 2. The van der Waals surface area contributed by atoms with E-state index in [2.05, 4.69) is 33.4 Å². The van der Waals surface area contributed by atoms with Crippen molar-refractivity contribution in [3.63, 3.8) is 0 Å². The van der Waals surface area contributed by atoms with Crippen molar-refractivity contribution < 1.29 is 9.59 Å². The minimum atomic E-state index is -0.176. The van der Waals surface area contributed by atoms with Gasteiger partial charge in [-0.15, -0.1) is 0 Å². The van der Waals surface area contributed by atoms with Crippen LogP contribution in [0.25, 0.3) is 0 Å². The highest BCUT2D eigenvalue weighted by atomic mass is 35.5. The van der Waals surface area contributed by atoms with Crippen LogP contribution < -0.4 is 5.32 Å². The number of aromatic amines is 1. The summed E-state index contributed by atoms with van der Waals surface area (Å²) in [6.45, 7) is 4.88. The zero-order valence-corrected chi connectivity index (χ0v) is 22.5. The van der Waals surface area contributed by atoms with E-state index in [4.69, 9.17) is 11.6 Å². The second-order valence-electron chi connectivity index (χ2n) is 11.2. The SMILES string of the molecule is O=C(NC1CCc2ccc(C(=O)N3CCC4(CCN(Cc5ccc[nH]5)CC4)CC3)cc21)c1ccccc1Cl. The van der Waals surface area contributed by atoms with Gasteiger partial charge in [0.1, 0.15) is 0 Å². The number of halogens is 1. The molecule has 7 heteroatoms. The largest absolute Gasteiger partial charge is 0.364 e. The lowest BCUT2D eigenvalue weighted by Gasteiger charge is -2.47. The van der Waals surface area contributed by atoms with Gasteiger partial charge in [-0.2, -0.15) is 0 Å². The fourth-order valence-corrected chi connectivity index (χ4v) is 6.75. The number of aryl methyl sites for hydroxylation is 1. The van der Waals surface area contributed by atoms with Crippen LogP contribution in [0.1, 0.15) is 75.7 Å². The van der Waals surface area contributed by atoms with Crippen LogP contribution in [0, 0.1) is 5.41 Å². The lowest BCUT2D eigenvalue weighted by atomic mass is 9.71. The maximum atomic E-state index is 13.5. The smallest absolute Gasteiger partial charge is 0.253 e. The van der Waals surface area contributed by atoms with Gasteiger partial charge in [-0.25, -0.2) is 0 Å². The number of aromatic nitrogens is 1. The standard InChI is InChI=1S/C31H35ClN4O2/c32-27-6-2-1-5-25(27)29(37)34-28-10-9-22-7-8-23(20-26(22)28)30(38)36-18-13-31(14-19-36)11-16-35(17-12-31)21-24-4-3-15-33-24/h1-8,15,20,28,33H,9-14,16-19,21H2,(H,34,37). The molecule has 38 heavy (non-hydrogen) atoms. The first kappa shape index (κ1) is 25.2. The molecule has 3 aliphatic rings. The number of carbonyl (C=O) groups excluding carboxylic acids is 2. The van der Waals surface area contributed by atoms with Crippen molar-refractivity contribution >= 4 is 23.4 Å². The minimum Gasteiger partial charge on any atom is -0.364 e. The van der Waals surface area contributed by atoms with Crippen molar-refractivity contribution in [2.45, 2.75) is 51.1 Å². The van der Waals surface area contributed by atoms with E-state index in [1.54, 1.807) is 12.1 Å². The van der Waals surface area contributed by atoms with Crippen molar-refractivity contribution in [2.24, 2.45) is 5.41 Å². The summed E-state index contributed by atoms with van der Waals surface area (Å²) in [5, 5.41) is 3.59. The summed E-state index contributed by atoms with van der Waals surface area (Å²) in [6, 6.07) is 17.2. The molecular weight excluding hydrogens is 496 g/mol. The Balaban J connectivity index is 1.06. The van der Waals surface area contributed by atoms with Gasteiger partial charge < -0.3 is 15.2 Å². The van der Waals surface area contributed by atoms with E-state index >= 15 is 0 Å². The number of hydrogen-bond acceptors (Lipinski definition) is 3. The van der Waals surface area contributed by atoms with Crippen LogP contribution in [0.2, 0.25) is 5.02 Å². The van der Waals surface area contributed by atoms with E-state index in [0.29, 0.717) is 16.0 Å². The van der Waals surface area contributed by atoms with Crippen LogP contribution in [0.5, 0.6) is 0 Å². The first-order valence-corrected chi connectivity index (χ1v) is 14.2. The van der Waals surface area contributed by atoms with Crippen molar-refractivity contribution in [3.05, 3.63) is 93.8 Å². The van der Waals surface area contributed by atoms with Gasteiger partial charge in [0.05, 0.1) is 16.6 Å². The third-order valence-electron chi connectivity index (χ3n) is 8.98. The summed E-state index contributed by atoms with van der Waals surface area (Å²) in [7, 11) is 0. The maximum Gasteiger partial charge on any atom is 0.253 e. The number of fused-ring (bicyclic) bond motifs is 1. The van der Waals surface area contributed by atoms with Crippen LogP contribution in [0.15, 0.2) is 60.8 Å². The van der Waals surface area contributed by atoms with Gasteiger partial charge in [0.15, 0.2) is 0 Å². The average Bonchev–Trinajstić information content (AvgIpc) is 3.60. The molecule has 2 aromatic carbocycles. The van der Waals surface area contributed by atoms with Crippen molar-refractivity contribution in [2.75, 3.05) is 26.2 Å². The third kappa shape index (κ3) is 5.12. The Morgan fingerprint density at radius 2 is 1.74 bits per heavy atom. The molecule has 0 radical (unpaired) electrons. The molecule has 3 heterocycles. The maximum absolute atomic E-state index is 13.5. The molecule has 0 bridgehead atoms. The van der Waals surface area contributed by atoms with E-state index in [9.17, 15) is 9.59 Å². The van der Waals surface area contributed by atoms with E-state index in [1.807, 2.05) is 35.4 Å². The lowest BCUT2D eigenvalue weighted by Crippen LogP contribution is -2.48. The molecule has 2 fully saturated rings. The van der Waals surface area contributed by atoms with E-state index in [-0.39, 0.29) is 17.9 Å². The molecule has 6 rings (SSSR count). The molecule has 1 aromatic heterocycles. The van der Waals surface area contributed by atoms with Crippen LogP contribution >= 0.6 is 11.6 Å². The minimum absolute atomic E-state index is 0.106. The zero-order chi connectivity index (χ0) is 26.1. The van der Waals surface area contributed by atoms with Gasteiger partial charge in [-0.1, -0.05) is 29.8 Å². The van der Waals surface area contributed by atoms with Gasteiger partial charge in [-0.3, -0.25) is 14.5 Å². The molecule has 2 aliphatic heterocycles. The highest BCUT2D eigenvalue weighted by molar-refractivity contribution is 6.33. The van der Waals surface area contributed by atoms with Gasteiger partial charge in [0.2, 0.25) is 0 Å². The summed E-state index contributed by atoms with van der Waals surface area (Å²) < 4.78 is 0. The molecule has 1 unspecified atom stereocenters. The number of hydrogen-bond donors (Lipinski definition) is 2. The number of H-pyrrole nitrogens is 1. The quantitative estimate of drug-likeness (QED) is 0.451. The Bertz CT molecular complexity index is 1300. The van der Waals surface area contributed by atoms with E-state index < -0.39 is 0 Å². The molecule has 1 atom stereocenters. The van der Waals surface area contributed by atoms with Crippen LogP contribution in [0.4, 0.5) is 0 Å². The fourth-order valence-electron chi connectivity index (χ4n) is 6.53. The number of nitrogens with one attached hydrogen (secondary N) is 2. The second-order valence-corrected chi connectivity index (χ2v) is 11.6. The highest BCUT2D eigenvalue weighted by Gasteiger charge is 2.39. The third-order valence-corrected chi connectivity index (χ3v) is 9.31. The summed E-state index contributed by atoms with van der Waals surface area (Å²) in [5.74, 6) is -0.0691. The lowest BCUT2D eigenvalue weighted by molar-refractivity contribution is 0.0283. The molecule has 2 saturated heterocycles. The van der Waals surface area contributed by atoms with Crippen LogP contribution in [0.3, 0.4) is 0 Å². The summed E-state index contributed by atoms with van der Waals surface area (Å²) in [6.07, 6.45) is 8.29. The number of carbonyl (C=O) groups is 2. The van der Waals surface area contributed by atoms with Gasteiger partial charge in [-0.05, 0) is 105 Å². The van der Waals surface area contributed by atoms with E-state index in [1.165, 1.54) is 24.1 Å².